The summed E-state index contributed by atoms with van der Waals surface area (Å²) in [6, 6.07) is 9.34. The van der Waals surface area contributed by atoms with Crippen LogP contribution in [0.4, 0.5) is 5.82 Å². The molecule has 2 bridgehead atoms. The minimum atomic E-state index is -0.128. The minimum Gasteiger partial charge on any atom is -0.365 e. The number of nitrogens with zero attached hydrogens (tertiary/aromatic N) is 1. The van der Waals surface area contributed by atoms with E-state index >= 15 is 0 Å². The molecule has 1 aromatic heterocycles. The molecule has 0 spiro atoms. The zero-order chi connectivity index (χ0) is 13.5. The maximum atomic E-state index is 11.8. The highest BCUT2D eigenvalue weighted by Gasteiger charge is 2.33. The fraction of sp³-hybridized carbons (Fsp3) is 0.467. The van der Waals surface area contributed by atoms with Crippen LogP contribution in [0.5, 0.6) is 0 Å². The first-order valence-electron chi connectivity index (χ1n) is 7.29. The first-order valence-corrected chi connectivity index (χ1v) is 7.29. The van der Waals surface area contributed by atoms with Crippen molar-refractivity contribution in [2.45, 2.75) is 43.8 Å². The normalized spacial score (nSPS) is 28.7. The Balaban J connectivity index is 1.66. The van der Waals surface area contributed by atoms with E-state index in [2.05, 4.69) is 20.8 Å². The number of hydrogen-bond donors (Lipinski definition) is 3. The molecule has 1 aromatic carbocycles. The summed E-state index contributed by atoms with van der Waals surface area (Å²) in [5.74, 6) is 0.798. The molecule has 0 amide bonds. The number of hydrogen-bond acceptors (Lipinski definition) is 4. The average Bonchev–Trinajstić information content (AvgIpc) is 2.81. The zero-order valence-electron chi connectivity index (χ0n) is 11.2. The number of fused-ring (bicyclic) bond motifs is 3. The Labute approximate surface area is 116 Å². The van der Waals surface area contributed by atoms with Crippen molar-refractivity contribution in [1.29, 1.82) is 0 Å². The number of aromatic amines is 1. The quantitative estimate of drug-likeness (QED) is 0.775. The van der Waals surface area contributed by atoms with Crippen LogP contribution in [0.2, 0.25) is 0 Å². The molecule has 5 heteroatoms. The third-order valence-electron chi connectivity index (χ3n) is 4.51. The van der Waals surface area contributed by atoms with Gasteiger partial charge >= 0.3 is 0 Å². The second-order valence-corrected chi connectivity index (χ2v) is 5.90. The third-order valence-corrected chi connectivity index (χ3v) is 4.51. The molecule has 3 heterocycles. The lowest BCUT2D eigenvalue weighted by Crippen LogP contribution is -2.43. The summed E-state index contributed by atoms with van der Waals surface area (Å²) in [6.07, 6.45) is 4.82. The number of anilines is 1. The van der Waals surface area contributed by atoms with Gasteiger partial charge < -0.3 is 10.6 Å². The molecule has 4 rings (SSSR count). The lowest BCUT2D eigenvalue weighted by Gasteiger charge is -2.30. The summed E-state index contributed by atoms with van der Waals surface area (Å²) < 4.78 is 0. The molecule has 0 saturated carbocycles. The standard InChI is InChI=1S/C15H18N4O/c20-15-13-4-2-1-3-12(13)14(18-19-15)17-11-7-9-5-6-10(8-11)16-9/h1-4,9-11,16H,5-8H2,(H,17,18)(H,19,20)/t9-,10+,11?. The topological polar surface area (TPSA) is 69.8 Å². The summed E-state index contributed by atoms with van der Waals surface area (Å²) in [6.45, 7) is 0. The molecule has 0 aliphatic carbocycles. The molecular formula is C15H18N4O. The Morgan fingerprint density at radius 1 is 1.10 bits per heavy atom. The highest BCUT2D eigenvalue weighted by Crippen LogP contribution is 2.29. The van der Waals surface area contributed by atoms with Gasteiger partial charge in [0.1, 0.15) is 0 Å². The molecular weight excluding hydrogens is 252 g/mol. The summed E-state index contributed by atoms with van der Waals surface area (Å²) in [7, 11) is 0. The van der Waals surface area contributed by atoms with Gasteiger partial charge in [-0.15, -0.1) is 0 Å². The van der Waals surface area contributed by atoms with Crippen LogP contribution >= 0.6 is 0 Å². The summed E-state index contributed by atoms with van der Waals surface area (Å²) in [5, 5.41) is 15.6. The van der Waals surface area contributed by atoms with Gasteiger partial charge in [0.2, 0.25) is 0 Å². The van der Waals surface area contributed by atoms with Crippen molar-refractivity contribution in [3.8, 4) is 0 Å². The fourth-order valence-electron chi connectivity index (χ4n) is 3.59. The van der Waals surface area contributed by atoms with E-state index in [1.807, 2.05) is 24.3 Å². The summed E-state index contributed by atoms with van der Waals surface area (Å²) >= 11 is 0. The zero-order valence-corrected chi connectivity index (χ0v) is 11.2. The lowest BCUT2D eigenvalue weighted by molar-refractivity contribution is 0.377. The number of benzene rings is 1. The summed E-state index contributed by atoms with van der Waals surface area (Å²) in [5.41, 5.74) is -0.128. The smallest absolute Gasteiger partial charge is 0.272 e. The van der Waals surface area contributed by atoms with Crippen LogP contribution in [-0.2, 0) is 0 Å². The molecule has 0 radical (unpaired) electrons. The Morgan fingerprint density at radius 3 is 2.55 bits per heavy atom. The van der Waals surface area contributed by atoms with Gasteiger partial charge in [0.15, 0.2) is 5.82 Å². The molecule has 2 fully saturated rings. The van der Waals surface area contributed by atoms with E-state index < -0.39 is 0 Å². The van der Waals surface area contributed by atoms with Crippen molar-refractivity contribution in [1.82, 2.24) is 15.5 Å². The van der Waals surface area contributed by atoms with Gasteiger partial charge in [-0.25, -0.2) is 5.10 Å². The largest absolute Gasteiger partial charge is 0.365 e. The first kappa shape index (κ1) is 11.9. The SMILES string of the molecule is O=c1[nH]nc(NC2C[C@H]3CC[C@@H](C2)N3)c2ccccc12. The van der Waals surface area contributed by atoms with Crippen LogP contribution in [0.3, 0.4) is 0 Å². The molecule has 5 nitrogen and oxygen atoms in total. The van der Waals surface area contributed by atoms with Gasteiger partial charge in [0.05, 0.1) is 5.39 Å². The molecule has 2 aromatic rings. The molecule has 3 N–H and O–H groups in total. The van der Waals surface area contributed by atoms with E-state index in [-0.39, 0.29) is 5.56 Å². The number of rotatable bonds is 2. The lowest BCUT2D eigenvalue weighted by atomic mass is 9.99. The number of nitrogens with one attached hydrogen (secondary N) is 3. The fourth-order valence-corrected chi connectivity index (χ4v) is 3.59. The van der Waals surface area contributed by atoms with Crippen LogP contribution in [0.25, 0.3) is 10.8 Å². The van der Waals surface area contributed by atoms with Gasteiger partial charge in [-0.05, 0) is 31.7 Å². The second-order valence-electron chi connectivity index (χ2n) is 5.90. The minimum absolute atomic E-state index is 0.128. The highest BCUT2D eigenvalue weighted by atomic mass is 16.1. The maximum Gasteiger partial charge on any atom is 0.272 e. The van der Waals surface area contributed by atoms with E-state index in [0.717, 1.165) is 24.0 Å². The van der Waals surface area contributed by atoms with Crippen LogP contribution in [0.1, 0.15) is 25.7 Å². The first-order chi connectivity index (χ1) is 9.79. The Morgan fingerprint density at radius 2 is 1.80 bits per heavy atom. The van der Waals surface area contributed by atoms with Crippen LogP contribution in [-0.4, -0.2) is 28.3 Å². The molecule has 3 atom stereocenters. The van der Waals surface area contributed by atoms with Crippen LogP contribution in [0, 0.1) is 0 Å². The van der Waals surface area contributed by atoms with Crippen molar-refractivity contribution in [3.63, 3.8) is 0 Å². The monoisotopic (exact) mass is 270 g/mol. The van der Waals surface area contributed by atoms with E-state index in [1.54, 1.807) is 0 Å². The van der Waals surface area contributed by atoms with Crippen molar-refractivity contribution < 1.29 is 0 Å². The van der Waals surface area contributed by atoms with Crippen molar-refractivity contribution in [2.24, 2.45) is 0 Å². The molecule has 2 aliphatic rings. The van der Waals surface area contributed by atoms with Gasteiger partial charge in [-0.3, -0.25) is 4.79 Å². The van der Waals surface area contributed by atoms with Crippen LogP contribution in [0.15, 0.2) is 29.1 Å². The second kappa shape index (κ2) is 4.59. The summed E-state index contributed by atoms with van der Waals surface area (Å²) in [4.78, 5) is 11.8. The molecule has 104 valence electrons. The third kappa shape index (κ3) is 1.98. The predicted octanol–water partition coefficient (Wildman–Crippen LogP) is 1.62. The maximum absolute atomic E-state index is 11.8. The Bertz CT molecular complexity index is 684. The number of piperidine rings is 1. The van der Waals surface area contributed by atoms with Crippen molar-refractivity contribution >= 4 is 16.6 Å². The average molecular weight is 270 g/mol. The van der Waals surface area contributed by atoms with Gasteiger partial charge in [0.25, 0.3) is 5.56 Å². The molecule has 20 heavy (non-hydrogen) atoms. The van der Waals surface area contributed by atoms with Crippen molar-refractivity contribution in [2.75, 3.05) is 5.32 Å². The van der Waals surface area contributed by atoms with Gasteiger partial charge in [-0.1, -0.05) is 18.2 Å². The van der Waals surface area contributed by atoms with E-state index in [1.165, 1.54) is 12.8 Å². The van der Waals surface area contributed by atoms with E-state index in [9.17, 15) is 4.79 Å². The van der Waals surface area contributed by atoms with E-state index in [4.69, 9.17) is 0 Å². The number of aromatic nitrogens is 2. The Kier molecular flexibility index (Phi) is 2.73. The highest BCUT2D eigenvalue weighted by molar-refractivity contribution is 5.90. The molecule has 2 saturated heterocycles. The predicted molar refractivity (Wildman–Crippen MR) is 79.0 cm³/mol. The van der Waals surface area contributed by atoms with Crippen molar-refractivity contribution in [3.05, 3.63) is 34.6 Å². The molecule has 2 aliphatic heterocycles. The van der Waals surface area contributed by atoms with Crippen LogP contribution < -0.4 is 16.2 Å². The van der Waals surface area contributed by atoms with Gasteiger partial charge in [-0.2, -0.15) is 5.10 Å². The Hall–Kier alpha value is -1.88. The van der Waals surface area contributed by atoms with Gasteiger partial charge in [0, 0.05) is 23.5 Å². The number of H-pyrrole nitrogens is 1. The van der Waals surface area contributed by atoms with E-state index in [0.29, 0.717) is 23.5 Å². The molecule has 1 unspecified atom stereocenters.